The third-order valence-electron chi connectivity index (χ3n) is 4.90. The van der Waals surface area contributed by atoms with Gasteiger partial charge in [0.05, 0.1) is 35.0 Å². The number of pyridine rings is 1. The molecule has 0 atom stereocenters. The number of hydrogen-bond donors (Lipinski definition) is 1. The lowest BCUT2D eigenvalue weighted by atomic mass is 9.99. The van der Waals surface area contributed by atoms with E-state index in [1.807, 2.05) is 37.3 Å². The molecule has 0 saturated carbocycles. The fourth-order valence-corrected chi connectivity index (χ4v) is 3.47. The van der Waals surface area contributed by atoms with Crippen molar-refractivity contribution in [3.05, 3.63) is 77.8 Å². The van der Waals surface area contributed by atoms with E-state index < -0.39 is 0 Å². The van der Waals surface area contributed by atoms with E-state index >= 15 is 0 Å². The Balaban J connectivity index is 1.80. The Kier molecular flexibility index (Phi) is 4.37. The quantitative estimate of drug-likeness (QED) is 0.479. The Morgan fingerprint density at radius 1 is 1.10 bits per heavy atom. The molecule has 0 amide bonds. The zero-order chi connectivity index (χ0) is 21.4. The molecule has 150 valence electrons. The van der Waals surface area contributed by atoms with Crippen molar-refractivity contribution < 1.29 is 4.42 Å². The molecule has 0 spiro atoms. The van der Waals surface area contributed by atoms with Crippen LogP contribution in [-0.4, -0.2) is 29.5 Å². The number of nitriles is 1. The largest absolute Gasteiger partial charge is 0.443 e. The van der Waals surface area contributed by atoms with Gasteiger partial charge in [-0.3, -0.25) is 4.98 Å². The number of nitrogen functional groups attached to an aromatic ring is 1. The summed E-state index contributed by atoms with van der Waals surface area (Å²) in [7, 11) is 0. The first kappa shape index (κ1) is 18.4. The second-order valence-electron chi connectivity index (χ2n) is 6.88. The van der Waals surface area contributed by atoms with Crippen LogP contribution in [0.2, 0.25) is 0 Å². The van der Waals surface area contributed by atoms with E-state index in [0.29, 0.717) is 51.7 Å². The molecule has 5 aromatic rings. The van der Waals surface area contributed by atoms with Crippen molar-refractivity contribution in [2.75, 3.05) is 5.73 Å². The molecule has 0 unspecified atom stereocenters. The molecule has 0 aliphatic heterocycles. The summed E-state index contributed by atoms with van der Waals surface area (Å²) >= 11 is 0. The molecule has 0 bridgehead atoms. The molecule has 0 radical (unpaired) electrons. The van der Waals surface area contributed by atoms with Crippen LogP contribution in [0.5, 0.6) is 0 Å². The van der Waals surface area contributed by atoms with Gasteiger partial charge >= 0.3 is 0 Å². The number of benzene rings is 1. The number of hydrogen-bond acceptors (Lipinski definition) is 8. The van der Waals surface area contributed by atoms with Crippen LogP contribution in [0, 0.1) is 18.3 Å². The maximum Gasteiger partial charge on any atom is 0.223 e. The first-order valence-electron chi connectivity index (χ1n) is 9.50. The minimum absolute atomic E-state index is 0.151. The number of aryl methyl sites for hydroxylation is 1. The van der Waals surface area contributed by atoms with E-state index in [-0.39, 0.29) is 5.95 Å². The third kappa shape index (κ3) is 3.16. The van der Waals surface area contributed by atoms with Crippen LogP contribution in [0.3, 0.4) is 0 Å². The lowest BCUT2D eigenvalue weighted by molar-refractivity contribution is 0.571. The molecule has 0 aliphatic rings. The normalized spacial score (nSPS) is 11.0. The Morgan fingerprint density at radius 2 is 1.94 bits per heavy atom. The molecule has 5 rings (SSSR count). The van der Waals surface area contributed by atoms with Crippen molar-refractivity contribution in [3.63, 3.8) is 0 Å². The zero-order valence-electron chi connectivity index (χ0n) is 16.5. The Hall–Kier alpha value is -4.58. The van der Waals surface area contributed by atoms with Crippen molar-refractivity contribution in [2.24, 2.45) is 0 Å². The van der Waals surface area contributed by atoms with E-state index in [2.05, 4.69) is 26.1 Å². The summed E-state index contributed by atoms with van der Waals surface area (Å²) in [5.74, 6) is 1.19. The maximum atomic E-state index is 9.62. The highest BCUT2D eigenvalue weighted by Crippen LogP contribution is 2.37. The first-order valence-corrected chi connectivity index (χ1v) is 9.50. The van der Waals surface area contributed by atoms with Gasteiger partial charge in [0, 0.05) is 17.5 Å². The number of nitrogens with zero attached hydrogens (tertiary/aromatic N) is 7. The van der Waals surface area contributed by atoms with Crippen molar-refractivity contribution in [2.45, 2.75) is 13.3 Å². The lowest BCUT2D eigenvalue weighted by Gasteiger charge is -2.11. The van der Waals surface area contributed by atoms with E-state index in [0.717, 1.165) is 5.69 Å². The van der Waals surface area contributed by atoms with Crippen LogP contribution in [-0.2, 0) is 6.42 Å². The minimum atomic E-state index is 0.151. The molecular weight excluding hydrogens is 392 g/mol. The first-order chi connectivity index (χ1) is 15.2. The molecule has 2 N–H and O–H groups in total. The highest BCUT2D eigenvalue weighted by atomic mass is 16.3. The van der Waals surface area contributed by atoms with Gasteiger partial charge in [0.15, 0.2) is 23.6 Å². The standard InChI is InChI=1S/C22H16N8O/c1-13-20(31-12-26-13)18-19(16-8-3-2-6-14(16)11-23)28-22(24)30-21(18)27-17(29-30)10-15-7-4-5-9-25-15/h2-9,12H,10H2,1H3,(H2,24,28). The van der Waals surface area contributed by atoms with Crippen molar-refractivity contribution in [3.8, 4) is 28.7 Å². The van der Waals surface area contributed by atoms with Gasteiger partial charge in [-0.25, -0.2) is 15.0 Å². The number of fused-ring (bicyclic) bond motifs is 1. The topological polar surface area (TPSA) is 132 Å². The summed E-state index contributed by atoms with van der Waals surface area (Å²) in [6, 6.07) is 15.1. The van der Waals surface area contributed by atoms with E-state index in [4.69, 9.17) is 15.1 Å². The second kappa shape index (κ2) is 7.35. The van der Waals surface area contributed by atoms with Crippen LogP contribution < -0.4 is 5.73 Å². The summed E-state index contributed by atoms with van der Waals surface area (Å²) < 4.78 is 7.17. The average molecular weight is 408 g/mol. The molecule has 0 saturated heterocycles. The van der Waals surface area contributed by atoms with Gasteiger partial charge in [-0.15, -0.1) is 5.10 Å². The highest BCUT2D eigenvalue weighted by Gasteiger charge is 2.25. The van der Waals surface area contributed by atoms with Gasteiger partial charge in [-0.05, 0) is 25.1 Å². The number of anilines is 1. The Labute approximate surface area is 176 Å². The van der Waals surface area contributed by atoms with Gasteiger partial charge in [-0.2, -0.15) is 9.78 Å². The van der Waals surface area contributed by atoms with Gasteiger partial charge in [0.1, 0.15) is 0 Å². The number of oxazole rings is 1. The van der Waals surface area contributed by atoms with Gasteiger partial charge in [0.2, 0.25) is 5.95 Å². The van der Waals surface area contributed by atoms with Crippen LogP contribution in [0.4, 0.5) is 5.95 Å². The molecule has 9 nitrogen and oxygen atoms in total. The van der Waals surface area contributed by atoms with Crippen LogP contribution in [0.25, 0.3) is 28.2 Å². The average Bonchev–Trinajstić information content (AvgIpc) is 3.41. The second-order valence-corrected chi connectivity index (χ2v) is 6.88. The fraction of sp³-hybridized carbons (Fsp3) is 0.0909. The fourth-order valence-electron chi connectivity index (χ4n) is 3.47. The Morgan fingerprint density at radius 3 is 2.68 bits per heavy atom. The number of rotatable bonds is 4. The van der Waals surface area contributed by atoms with Crippen molar-refractivity contribution in [1.29, 1.82) is 5.26 Å². The molecule has 0 fully saturated rings. The summed E-state index contributed by atoms with van der Waals surface area (Å²) in [5.41, 5.74) is 10.4. The molecule has 9 heteroatoms. The summed E-state index contributed by atoms with van der Waals surface area (Å²) in [6.07, 6.45) is 3.52. The van der Waals surface area contributed by atoms with Gasteiger partial charge in [0.25, 0.3) is 0 Å². The summed E-state index contributed by atoms with van der Waals surface area (Å²) in [6.45, 7) is 1.83. The minimum Gasteiger partial charge on any atom is -0.443 e. The number of aromatic nitrogens is 6. The van der Waals surface area contributed by atoms with Crippen molar-refractivity contribution >= 4 is 11.6 Å². The van der Waals surface area contributed by atoms with Crippen LogP contribution in [0.15, 0.2) is 59.5 Å². The van der Waals surface area contributed by atoms with Crippen LogP contribution >= 0.6 is 0 Å². The van der Waals surface area contributed by atoms with Gasteiger partial charge in [-0.1, -0.05) is 24.3 Å². The molecule has 1 aromatic carbocycles. The zero-order valence-corrected chi connectivity index (χ0v) is 16.5. The number of nitrogens with two attached hydrogens (primary N) is 1. The SMILES string of the molecule is Cc1ncoc1-c1c(-c2ccccc2C#N)nc(N)n2nc(Cc3ccccn3)nc12. The van der Waals surface area contributed by atoms with Gasteiger partial charge < -0.3 is 10.2 Å². The third-order valence-corrected chi connectivity index (χ3v) is 4.90. The lowest BCUT2D eigenvalue weighted by Crippen LogP contribution is -2.06. The molecule has 4 aromatic heterocycles. The molecule has 4 heterocycles. The summed E-state index contributed by atoms with van der Waals surface area (Å²) in [4.78, 5) is 17.9. The van der Waals surface area contributed by atoms with E-state index in [1.165, 1.54) is 10.9 Å². The highest BCUT2D eigenvalue weighted by molar-refractivity contribution is 5.90. The molecule has 0 aliphatic carbocycles. The van der Waals surface area contributed by atoms with Crippen molar-refractivity contribution in [1.82, 2.24) is 29.5 Å². The smallest absolute Gasteiger partial charge is 0.223 e. The predicted octanol–water partition coefficient (Wildman–Crippen LogP) is 3.19. The maximum absolute atomic E-state index is 9.62. The monoisotopic (exact) mass is 408 g/mol. The molecular formula is C22H16N8O. The van der Waals surface area contributed by atoms with E-state index in [9.17, 15) is 5.26 Å². The molecule has 31 heavy (non-hydrogen) atoms. The predicted molar refractivity (Wildman–Crippen MR) is 113 cm³/mol. The van der Waals surface area contributed by atoms with Crippen LogP contribution in [0.1, 0.15) is 22.8 Å². The Bertz CT molecular complexity index is 1450. The van der Waals surface area contributed by atoms with E-state index in [1.54, 1.807) is 18.3 Å². The summed E-state index contributed by atoms with van der Waals surface area (Å²) in [5, 5.41) is 14.2.